The van der Waals surface area contributed by atoms with E-state index in [0.717, 1.165) is 18.2 Å². The van der Waals surface area contributed by atoms with E-state index in [1.807, 2.05) is 0 Å². The number of hydrogen-bond acceptors (Lipinski definition) is 3. The quantitative estimate of drug-likeness (QED) is 0.838. The minimum Gasteiger partial charge on any atom is -0.491 e. The molecule has 2 rings (SSSR count). The molecule has 0 saturated heterocycles. The van der Waals surface area contributed by atoms with Gasteiger partial charge in [-0.2, -0.15) is 0 Å². The van der Waals surface area contributed by atoms with E-state index < -0.39 is 17.5 Å². The van der Waals surface area contributed by atoms with Gasteiger partial charge in [0, 0.05) is 18.2 Å². The maximum Gasteiger partial charge on any atom is 0.167 e. The fourth-order valence-electron chi connectivity index (χ4n) is 1.68. The Bertz CT molecular complexity index is 632. The largest absolute Gasteiger partial charge is 0.491 e. The van der Waals surface area contributed by atoms with Crippen molar-refractivity contribution in [3.63, 3.8) is 0 Å². The van der Waals surface area contributed by atoms with Crippen molar-refractivity contribution in [2.45, 2.75) is 6.92 Å². The lowest BCUT2D eigenvalue weighted by Crippen LogP contribution is -2.02. The Kier molecular flexibility index (Phi) is 4.02. The number of nitrogen functional groups attached to an aromatic ring is 1. The minimum absolute atomic E-state index is 0.00622. The van der Waals surface area contributed by atoms with E-state index in [0.29, 0.717) is 0 Å². The molecule has 2 aromatic carbocycles. The first-order valence-electron chi connectivity index (χ1n) is 5.95. The van der Waals surface area contributed by atoms with Gasteiger partial charge in [0.25, 0.3) is 0 Å². The van der Waals surface area contributed by atoms with E-state index in [9.17, 15) is 13.2 Å². The van der Waals surface area contributed by atoms with Crippen LogP contribution in [0.25, 0.3) is 0 Å². The van der Waals surface area contributed by atoms with Gasteiger partial charge in [0.05, 0.1) is 23.7 Å². The fraction of sp³-hybridized carbons (Fsp3) is 0.143. The highest BCUT2D eigenvalue weighted by Gasteiger charge is 2.11. The van der Waals surface area contributed by atoms with Crippen LogP contribution in [0.4, 0.5) is 30.2 Å². The van der Waals surface area contributed by atoms with E-state index in [4.69, 9.17) is 10.5 Å². The van der Waals surface area contributed by atoms with Crippen LogP contribution in [-0.2, 0) is 0 Å². The summed E-state index contributed by atoms with van der Waals surface area (Å²) in [7, 11) is 0. The molecule has 0 aromatic heterocycles. The second-order valence-electron chi connectivity index (χ2n) is 4.05. The molecule has 0 bridgehead atoms. The zero-order valence-electron chi connectivity index (χ0n) is 10.7. The summed E-state index contributed by atoms with van der Waals surface area (Å²) in [6.45, 7) is 1.99. The molecule has 0 aliphatic heterocycles. The first-order valence-corrected chi connectivity index (χ1v) is 5.95. The number of halogens is 3. The highest BCUT2D eigenvalue weighted by atomic mass is 19.1. The van der Waals surface area contributed by atoms with Crippen molar-refractivity contribution in [3.05, 3.63) is 47.8 Å². The topological polar surface area (TPSA) is 47.3 Å². The number of rotatable bonds is 4. The van der Waals surface area contributed by atoms with Gasteiger partial charge in [-0.25, -0.2) is 13.2 Å². The van der Waals surface area contributed by atoms with Crippen molar-refractivity contribution in [3.8, 4) is 5.75 Å². The van der Waals surface area contributed by atoms with Gasteiger partial charge >= 0.3 is 0 Å². The Morgan fingerprint density at radius 1 is 1.05 bits per heavy atom. The summed E-state index contributed by atoms with van der Waals surface area (Å²) in [5, 5.41) is 2.68. The molecule has 0 heterocycles. The van der Waals surface area contributed by atoms with Crippen LogP contribution in [0.2, 0.25) is 0 Å². The summed E-state index contributed by atoms with van der Waals surface area (Å²) >= 11 is 0. The first kappa shape index (κ1) is 14.0. The zero-order chi connectivity index (χ0) is 14.7. The molecule has 0 aliphatic carbocycles. The van der Waals surface area contributed by atoms with Gasteiger partial charge in [-0.3, -0.25) is 0 Å². The predicted molar refractivity (Wildman–Crippen MR) is 71.6 cm³/mol. The van der Waals surface area contributed by atoms with Crippen LogP contribution in [-0.4, -0.2) is 6.61 Å². The lowest BCUT2D eigenvalue weighted by Gasteiger charge is -2.13. The fourth-order valence-corrected chi connectivity index (χ4v) is 1.68. The van der Waals surface area contributed by atoms with E-state index in [2.05, 4.69) is 5.32 Å². The van der Waals surface area contributed by atoms with Crippen molar-refractivity contribution >= 4 is 17.1 Å². The van der Waals surface area contributed by atoms with E-state index in [-0.39, 0.29) is 29.4 Å². The molecule has 20 heavy (non-hydrogen) atoms. The summed E-state index contributed by atoms with van der Waals surface area (Å²) in [5.74, 6) is -2.05. The van der Waals surface area contributed by atoms with Gasteiger partial charge < -0.3 is 15.8 Å². The molecular formula is C14H13F3N2O. The Labute approximate surface area is 114 Å². The van der Waals surface area contributed by atoms with Gasteiger partial charge in [0.2, 0.25) is 0 Å². The first-order chi connectivity index (χ1) is 9.51. The number of nitrogens with one attached hydrogen (secondary N) is 1. The monoisotopic (exact) mass is 282 g/mol. The van der Waals surface area contributed by atoms with Gasteiger partial charge in [0.1, 0.15) is 11.6 Å². The maximum atomic E-state index is 13.5. The van der Waals surface area contributed by atoms with Crippen LogP contribution in [0.1, 0.15) is 6.92 Å². The van der Waals surface area contributed by atoms with Crippen LogP contribution in [0.3, 0.4) is 0 Å². The molecule has 106 valence electrons. The van der Waals surface area contributed by atoms with Crippen LogP contribution >= 0.6 is 0 Å². The molecule has 0 fully saturated rings. The molecule has 0 spiro atoms. The molecule has 0 aliphatic rings. The summed E-state index contributed by atoms with van der Waals surface area (Å²) in [5.41, 5.74) is 6.06. The van der Waals surface area contributed by atoms with Gasteiger partial charge in [0.15, 0.2) is 11.6 Å². The van der Waals surface area contributed by atoms with Crippen molar-refractivity contribution in [1.82, 2.24) is 0 Å². The Balaban J connectivity index is 2.35. The summed E-state index contributed by atoms with van der Waals surface area (Å²) in [6, 6.07) is 5.49. The minimum atomic E-state index is -0.772. The van der Waals surface area contributed by atoms with Gasteiger partial charge in [-0.15, -0.1) is 0 Å². The third-order valence-electron chi connectivity index (χ3n) is 2.60. The lowest BCUT2D eigenvalue weighted by molar-refractivity contribution is 0.322. The summed E-state index contributed by atoms with van der Waals surface area (Å²) in [4.78, 5) is 0. The van der Waals surface area contributed by atoms with Crippen molar-refractivity contribution in [2.75, 3.05) is 17.7 Å². The molecule has 3 N–H and O–H groups in total. The highest BCUT2D eigenvalue weighted by Crippen LogP contribution is 2.31. The van der Waals surface area contributed by atoms with Crippen LogP contribution in [0.5, 0.6) is 5.75 Å². The van der Waals surface area contributed by atoms with Gasteiger partial charge in [-0.05, 0) is 19.1 Å². The van der Waals surface area contributed by atoms with Crippen molar-refractivity contribution in [1.29, 1.82) is 0 Å². The second kappa shape index (κ2) is 5.73. The van der Waals surface area contributed by atoms with Crippen molar-refractivity contribution < 1.29 is 17.9 Å². The highest BCUT2D eigenvalue weighted by molar-refractivity contribution is 5.74. The third kappa shape index (κ3) is 2.96. The molecule has 0 unspecified atom stereocenters. The predicted octanol–water partition coefficient (Wildman–Crippen LogP) is 3.83. The standard InChI is InChI=1S/C14H13F3N2O/c1-2-20-14-7-13(11(18)6-10(14)17)19-12-4-3-8(15)5-9(12)16/h3-7,19H,2,18H2,1H3. The van der Waals surface area contributed by atoms with Crippen LogP contribution in [0.15, 0.2) is 30.3 Å². The average molecular weight is 282 g/mol. The Morgan fingerprint density at radius 3 is 2.45 bits per heavy atom. The molecule has 3 nitrogen and oxygen atoms in total. The SMILES string of the molecule is CCOc1cc(Nc2ccc(F)cc2F)c(N)cc1F. The number of nitrogens with two attached hydrogens (primary N) is 1. The number of benzene rings is 2. The lowest BCUT2D eigenvalue weighted by atomic mass is 10.2. The van der Waals surface area contributed by atoms with E-state index in [1.165, 1.54) is 12.1 Å². The molecule has 0 amide bonds. The van der Waals surface area contributed by atoms with Gasteiger partial charge in [-0.1, -0.05) is 0 Å². The third-order valence-corrected chi connectivity index (χ3v) is 2.60. The smallest absolute Gasteiger partial charge is 0.167 e. The Morgan fingerprint density at radius 2 is 1.80 bits per heavy atom. The average Bonchev–Trinajstić information content (AvgIpc) is 2.38. The van der Waals surface area contributed by atoms with Crippen LogP contribution in [0, 0.1) is 17.5 Å². The maximum absolute atomic E-state index is 13.5. The summed E-state index contributed by atoms with van der Waals surface area (Å²) < 4.78 is 45.0. The summed E-state index contributed by atoms with van der Waals surface area (Å²) in [6.07, 6.45) is 0. The zero-order valence-corrected chi connectivity index (χ0v) is 10.7. The molecule has 0 radical (unpaired) electrons. The number of hydrogen-bond donors (Lipinski definition) is 2. The Hall–Kier alpha value is -2.37. The number of anilines is 3. The molecular weight excluding hydrogens is 269 g/mol. The molecule has 6 heteroatoms. The van der Waals surface area contributed by atoms with Crippen molar-refractivity contribution in [2.24, 2.45) is 0 Å². The number of ether oxygens (including phenoxy) is 1. The normalized spacial score (nSPS) is 10.4. The molecule has 0 atom stereocenters. The second-order valence-corrected chi connectivity index (χ2v) is 4.05. The molecule has 2 aromatic rings. The van der Waals surface area contributed by atoms with E-state index in [1.54, 1.807) is 6.92 Å². The molecule has 0 saturated carbocycles. The van der Waals surface area contributed by atoms with E-state index >= 15 is 0 Å². The van der Waals surface area contributed by atoms with Crippen LogP contribution < -0.4 is 15.8 Å².